The summed E-state index contributed by atoms with van der Waals surface area (Å²) in [5, 5.41) is 7.86. The largest absolute Gasteiger partial charge is 0.331 e. The predicted molar refractivity (Wildman–Crippen MR) is 107 cm³/mol. The Balaban J connectivity index is 0.00000210. The van der Waals surface area contributed by atoms with Crippen LogP contribution in [0.15, 0.2) is 60.7 Å². The minimum absolute atomic E-state index is 0. The van der Waals surface area contributed by atoms with Crippen molar-refractivity contribution >= 4 is 18.3 Å². The zero-order chi connectivity index (χ0) is 17.9. The fourth-order valence-electron chi connectivity index (χ4n) is 3.20. The van der Waals surface area contributed by atoms with Crippen LogP contribution < -0.4 is 5.32 Å². The predicted octanol–water partition coefficient (Wildman–Crippen LogP) is 2.79. The molecular weight excluding hydrogens is 362 g/mol. The van der Waals surface area contributed by atoms with E-state index in [0.717, 1.165) is 24.3 Å². The second kappa shape index (κ2) is 8.33. The number of carbonyl (C=O) groups is 1. The molecule has 2 heterocycles. The van der Waals surface area contributed by atoms with E-state index < -0.39 is 0 Å². The third-order valence-electron chi connectivity index (χ3n) is 4.59. The number of aromatic nitrogens is 3. The number of hydrogen-bond donors (Lipinski definition) is 1. The molecule has 6 nitrogen and oxygen atoms in total. The molecule has 2 aromatic carbocycles. The summed E-state index contributed by atoms with van der Waals surface area (Å²) in [6, 6.07) is 19.7. The molecule has 0 bridgehead atoms. The maximum Gasteiger partial charge on any atom is 0.293 e. The maximum absolute atomic E-state index is 13.0. The number of halogens is 1. The zero-order valence-electron chi connectivity index (χ0n) is 15.1. The third kappa shape index (κ3) is 3.86. The normalized spacial score (nSPS) is 16.6. The van der Waals surface area contributed by atoms with Crippen LogP contribution in [0.4, 0.5) is 0 Å². The van der Waals surface area contributed by atoms with Crippen molar-refractivity contribution in [3.8, 4) is 17.1 Å². The minimum atomic E-state index is -0.120. The molecule has 0 unspecified atom stereocenters. The van der Waals surface area contributed by atoms with Gasteiger partial charge in [0.15, 0.2) is 5.82 Å². The van der Waals surface area contributed by atoms with E-state index in [9.17, 15) is 4.79 Å². The lowest BCUT2D eigenvalue weighted by Crippen LogP contribution is -2.52. The van der Waals surface area contributed by atoms with Crippen LogP contribution in [-0.4, -0.2) is 51.2 Å². The van der Waals surface area contributed by atoms with E-state index in [1.165, 1.54) is 0 Å². The highest BCUT2D eigenvalue weighted by molar-refractivity contribution is 5.91. The smallest absolute Gasteiger partial charge is 0.293 e. The highest BCUT2D eigenvalue weighted by Crippen LogP contribution is 2.22. The molecule has 1 fully saturated rings. The van der Waals surface area contributed by atoms with E-state index in [1.807, 2.05) is 72.5 Å². The quantitative estimate of drug-likeness (QED) is 0.755. The Morgan fingerprint density at radius 3 is 2.41 bits per heavy atom. The minimum Gasteiger partial charge on any atom is -0.331 e. The fourth-order valence-corrected chi connectivity index (χ4v) is 3.20. The summed E-state index contributed by atoms with van der Waals surface area (Å²) in [6.45, 7) is 4.29. The van der Waals surface area contributed by atoms with Gasteiger partial charge in [0.2, 0.25) is 5.82 Å². The summed E-state index contributed by atoms with van der Waals surface area (Å²) >= 11 is 0. The summed E-state index contributed by atoms with van der Waals surface area (Å²) in [5.74, 6) is 0.787. The van der Waals surface area contributed by atoms with Gasteiger partial charge in [0.05, 0.1) is 5.69 Å². The number of carbonyl (C=O) groups excluding carboxylic acids is 1. The van der Waals surface area contributed by atoms with Gasteiger partial charge in [-0.25, -0.2) is 9.67 Å². The Bertz CT molecular complexity index is 840. The molecule has 1 saturated heterocycles. The summed E-state index contributed by atoms with van der Waals surface area (Å²) < 4.78 is 1.75. The molecule has 0 aliphatic carbocycles. The summed E-state index contributed by atoms with van der Waals surface area (Å²) in [6.07, 6.45) is 0. The average Bonchev–Trinajstić information content (AvgIpc) is 3.15. The van der Waals surface area contributed by atoms with Crippen molar-refractivity contribution in [1.82, 2.24) is 25.0 Å². The van der Waals surface area contributed by atoms with Crippen LogP contribution in [0.25, 0.3) is 17.1 Å². The molecule has 0 radical (unpaired) electrons. The number of hydrogen-bond acceptors (Lipinski definition) is 4. The van der Waals surface area contributed by atoms with Gasteiger partial charge in [0.25, 0.3) is 5.91 Å². The first-order valence-electron chi connectivity index (χ1n) is 8.83. The van der Waals surface area contributed by atoms with Crippen LogP contribution in [0.3, 0.4) is 0 Å². The molecule has 4 rings (SSSR count). The molecule has 1 aromatic heterocycles. The van der Waals surface area contributed by atoms with E-state index in [4.69, 9.17) is 0 Å². The van der Waals surface area contributed by atoms with Crippen LogP contribution in [0.2, 0.25) is 0 Å². The monoisotopic (exact) mass is 383 g/mol. The number of amides is 1. The van der Waals surface area contributed by atoms with Gasteiger partial charge in [-0.2, -0.15) is 0 Å². The van der Waals surface area contributed by atoms with Crippen molar-refractivity contribution in [2.75, 3.05) is 19.6 Å². The molecule has 0 saturated carbocycles. The van der Waals surface area contributed by atoms with Crippen molar-refractivity contribution in [2.45, 2.75) is 13.0 Å². The highest BCUT2D eigenvalue weighted by atomic mass is 35.5. The zero-order valence-corrected chi connectivity index (χ0v) is 15.9. The van der Waals surface area contributed by atoms with Crippen molar-refractivity contribution < 1.29 is 4.79 Å². The van der Waals surface area contributed by atoms with Crippen LogP contribution in [0, 0.1) is 0 Å². The Kier molecular flexibility index (Phi) is 5.88. The van der Waals surface area contributed by atoms with Crippen LogP contribution in [-0.2, 0) is 0 Å². The lowest BCUT2D eigenvalue weighted by atomic mass is 10.2. The van der Waals surface area contributed by atoms with Crippen LogP contribution in [0.5, 0.6) is 0 Å². The van der Waals surface area contributed by atoms with Gasteiger partial charge in [-0.15, -0.1) is 17.5 Å². The lowest BCUT2D eigenvalue weighted by Gasteiger charge is -2.33. The first-order valence-corrected chi connectivity index (χ1v) is 8.83. The van der Waals surface area contributed by atoms with Gasteiger partial charge in [-0.05, 0) is 19.1 Å². The molecule has 1 aliphatic heterocycles. The molecule has 1 atom stereocenters. The number of piperazine rings is 1. The first-order chi connectivity index (χ1) is 12.7. The molecule has 27 heavy (non-hydrogen) atoms. The SMILES string of the molecule is C[C@H]1CNCCN1C(=O)c1nc(-c2ccccc2)n(-c2ccccc2)n1.Cl. The van der Waals surface area contributed by atoms with Crippen molar-refractivity contribution in [3.05, 3.63) is 66.5 Å². The van der Waals surface area contributed by atoms with Gasteiger partial charge >= 0.3 is 0 Å². The molecule has 1 N–H and O–H groups in total. The Morgan fingerprint density at radius 1 is 1.07 bits per heavy atom. The van der Waals surface area contributed by atoms with E-state index >= 15 is 0 Å². The number of nitrogens with one attached hydrogen (secondary N) is 1. The molecule has 7 heteroatoms. The fraction of sp³-hybridized carbons (Fsp3) is 0.250. The van der Waals surface area contributed by atoms with E-state index in [0.29, 0.717) is 12.4 Å². The molecule has 0 spiro atoms. The lowest BCUT2D eigenvalue weighted by molar-refractivity contribution is 0.0643. The molecule has 3 aromatic rings. The summed E-state index contributed by atoms with van der Waals surface area (Å²) in [5.41, 5.74) is 1.81. The second-order valence-corrected chi connectivity index (χ2v) is 6.42. The number of rotatable bonds is 3. The number of nitrogens with zero attached hydrogens (tertiary/aromatic N) is 4. The van der Waals surface area contributed by atoms with Crippen LogP contribution >= 0.6 is 12.4 Å². The summed E-state index contributed by atoms with van der Waals surface area (Å²) in [4.78, 5) is 19.4. The average molecular weight is 384 g/mol. The molecule has 1 aliphatic rings. The topological polar surface area (TPSA) is 63.1 Å². The third-order valence-corrected chi connectivity index (χ3v) is 4.59. The summed E-state index contributed by atoms with van der Waals surface area (Å²) in [7, 11) is 0. The maximum atomic E-state index is 13.0. The Hall–Kier alpha value is -2.70. The van der Waals surface area contributed by atoms with E-state index in [1.54, 1.807) is 4.68 Å². The number of para-hydroxylation sites is 1. The highest BCUT2D eigenvalue weighted by Gasteiger charge is 2.28. The number of benzene rings is 2. The van der Waals surface area contributed by atoms with Gasteiger partial charge in [-0.1, -0.05) is 48.5 Å². The van der Waals surface area contributed by atoms with Gasteiger partial charge in [0, 0.05) is 31.2 Å². The standard InChI is InChI=1S/C20H21N5O.ClH/c1-15-14-21-12-13-24(15)20(26)18-22-19(16-8-4-2-5-9-16)25(23-18)17-10-6-3-7-11-17;/h2-11,15,21H,12-14H2,1H3;1H/t15-;/m0./s1. The molecule has 1 amide bonds. The Morgan fingerprint density at radius 2 is 1.74 bits per heavy atom. The van der Waals surface area contributed by atoms with Crippen molar-refractivity contribution in [3.63, 3.8) is 0 Å². The molecular formula is C20H22ClN5O. The van der Waals surface area contributed by atoms with E-state index in [2.05, 4.69) is 15.4 Å². The van der Waals surface area contributed by atoms with Crippen molar-refractivity contribution in [1.29, 1.82) is 0 Å². The van der Waals surface area contributed by atoms with Gasteiger partial charge in [0.1, 0.15) is 0 Å². The molecule has 140 valence electrons. The van der Waals surface area contributed by atoms with E-state index in [-0.39, 0.29) is 30.2 Å². The first kappa shape index (κ1) is 19.1. The second-order valence-electron chi connectivity index (χ2n) is 6.42. The van der Waals surface area contributed by atoms with Gasteiger partial charge < -0.3 is 10.2 Å². The van der Waals surface area contributed by atoms with Crippen molar-refractivity contribution in [2.24, 2.45) is 0 Å². The Labute approximate surface area is 164 Å². The van der Waals surface area contributed by atoms with Gasteiger partial charge in [-0.3, -0.25) is 4.79 Å². The van der Waals surface area contributed by atoms with Crippen LogP contribution in [0.1, 0.15) is 17.5 Å².